The van der Waals surface area contributed by atoms with Crippen LogP contribution in [0.3, 0.4) is 0 Å². The smallest absolute Gasteiger partial charge is 0.124 e. The van der Waals surface area contributed by atoms with Crippen molar-refractivity contribution < 1.29 is 4.74 Å². The van der Waals surface area contributed by atoms with Crippen LogP contribution < -0.4 is 4.74 Å². The molecular weight excluding hydrogens is 310 g/mol. The lowest BCUT2D eigenvalue weighted by molar-refractivity contribution is 0.133. The molecular formula is C21H31N3O. The summed E-state index contributed by atoms with van der Waals surface area (Å²) in [5.41, 5.74) is 5.11. The second-order valence-corrected chi connectivity index (χ2v) is 7.12. The van der Waals surface area contributed by atoms with Crippen LogP contribution in [-0.2, 0) is 19.6 Å². The quantitative estimate of drug-likeness (QED) is 0.776. The fraction of sp³-hybridized carbons (Fsp3) is 0.571. The molecule has 0 bridgehead atoms. The molecule has 0 fully saturated rings. The van der Waals surface area contributed by atoms with Gasteiger partial charge in [0, 0.05) is 43.0 Å². The summed E-state index contributed by atoms with van der Waals surface area (Å²) in [4.78, 5) is 2.53. The van der Waals surface area contributed by atoms with Crippen molar-refractivity contribution in [3.05, 3.63) is 46.8 Å². The number of unbranched alkanes of at least 4 members (excludes halogenated alkanes) is 1. The van der Waals surface area contributed by atoms with Gasteiger partial charge in [-0.1, -0.05) is 31.5 Å². The Labute approximate surface area is 151 Å². The SMILES string of the molecule is CCCCC1CN(Cc2c(C)nn(CC)c2C)Cc2ccccc2O1. The summed E-state index contributed by atoms with van der Waals surface area (Å²) in [5, 5.41) is 4.69. The fourth-order valence-electron chi connectivity index (χ4n) is 3.76. The van der Waals surface area contributed by atoms with Crippen LogP contribution in [0, 0.1) is 13.8 Å². The van der Waals surface area contributed by atoms with E-state index < -0.39 is 0 Å². The Kier molecular flexibility index (Phi) is 5.79. The lowest BCUT2D eigenvalue weighted by atomic mass is 10.1. The first-order chi connectivity index (χ1) is 12.1. The summed E-state index contributed by atoms with van der Waals surface area (Å²) in [5.74, 6) is 1.06. The predicted molar refractivity (Wildman–Crippen MR) is 102 cm³/mol. The molecule has 0 saturated heterocycles. The summed E-state index contributed by atoms with van der Waals surface area (Å²) in [6, 6.07) is 8.49. The molecule has 25 heavy (non-hydrogen) atoms. The molecule has 0 N–H and O–H groups in total. The number of benzene rings is 1. The van der Waals surface area contributed by atoms with Crippen LogP contribution >= 0.6 is 0 Å². The zero-order chi connectivity index (χ0) is 17.8. The molecule has 0 aliphatic carbocycles. The van der Waals surface area contributed by atoms with E-state index in [0.29, 0.717) is 0 Å². The topological polar surface area (TPSA) is 30.3 Å². The molecule has 1 atom stereocenters. The normalized spacial score (nSPS) is 17.8. The minimum Gasteiger partial charge on any atom is -0.489 e. The Morgan fingerprint density at radius 1 is 1.20 bits per heavy atom. The molecule has 2 heterocycles. The summed E-state index contributed by atoms with van der Waals surface area (Å²) in [6.07, 6.45) is 3.81. The van der Waals surface area contributed by atoms with Crippen molar-refractivity contribution in [1.82, 2.24) is 14.7 Å². The molecule has 0 spiro atoms. The first-order valence-corrected chi connectivity index (χ1v) is 9.62. The Balaban J connectivity index is 1.83. The van der Waals surface area contributed by atoms with Crippen LogP contribution in [0.15, 0.2) is 24.3 Å². The largest absolute Gasteiger partial charge is 0.489 e. The van der Waals surface area contributed by atoms with Gasteiger partial charge in [-0.2, -0.15) is 5.10 Å². The number of rotatable bonds is 6. The molecule has 1 aliphatic heterocycles. The maximum absolute atomic E-state index is 6.35. The average Bonchev–Trinajstić information content (AvgIpc) is 2.79. The molecule has 1 aromatic carbocycles. The van der Waals surface area contributed by atoms with Crippen molar-refractivity contribution >= 4 is 0 Å². The number of ether oxygens (including phenoxy) is 1. The van der Waals surface area contributed by atoms with Gasteiger partial charge >= 0.3 is 0 Å². The second kappa shape index (κ2) is 8.05. The van der Waals surface area contributed by atoms with Crippen molar-refractivity contribution in [2.45, 2.75) is 72.7 Å². The third-order valence-electron chi connectivity index (χ3n) is 5.21. The first-order valence-electron chi connectivity index (χ1n) is 9.62. The van der Waals surface area contributed by atoms with Gasteiger partial charge in [0.1, 0.15) is 11.9 Å². The zero-order valence-corrected chi connectivity index (χ0v) is 16.1. The molecule has 1 aliphatic rings. The van der Waals surface area contributed by atoms with Crippen molar-refractivity contribution in [2.24, 2.45) is 0 Å². The second-order valence-electron chi connectivity index (χ2n) is 7.12. The van der Waals surface area contributed by atoms with Crippen molar-refractivity contribution in [1.29, 1.82) is 0 Å². The van der Waals surface area contributed by atoms with Gasteiger partial charge in [-0.05, 0) is 39.7 Å². The third-order valence-corrected chi connectivity index (χ3v) is 5.21. The number of hydrogen-bond acceptors (Lipinski definition) is 3. The van der Waals surface area contributed by atoms with E-state index in [1.165, 1.54) is 29.7 Å². The summed E-state index contributed by atoms with van der Waals surface area (Å²) in [7, 11) is 0. The van der Waals surface area contributed by atoms with E-state index in [4.69, 9.17) is 4.74 Å². The molecule has 1 aromatic heterocycles. The maximum atomic E-state index is 6.35. The van der Waals surface area contributed by atoms with Gasteiger partial charge in [-0.15, -0.1) is 0 Å². The monoisotopic (exact) mass is 341 g/mol. The van der Waals surface area contributed by atoms with Gasteiger partial charge in [0.25, 0.3) is 0 Å². The van der Waals surface area contributed by atoms with Crippen LogP contribution in [0.2, 0.25) is 0 Å². The predicted octanol–water partition coefficient (Wildman–Crippen LogP) is 4.47. The van der Waals surface area contributed by atoms with Crippen LogP contribution in [0.25, 0.3) is 0 Å². The average molecular weight is 341 g/mol. The molecule has 0 radical (unpaired) electrons. The Hall–Kier alpha value is -1.81. The lowest BCUT2D eigenvalue weighted by Gasteiger charge is -2.24. The Morgan fingerprint density at radius 2 is 2.00 bits per heavy atom. The van der Waals surface area contributed by atoms with Gasteiger partial charge in [-0.3, -0.25) is 9.58 Å². The van der Waals surface area contributed by atoms with E-state index in [9.17, 15) is 0 Å². The first kappa shape index (κ1) is 18.0. The fourth-order valence-corrected chi connectivity index (χ4v) is 3.76. The molecule has 1 unspecified atom stereocenters. The van der Waals surface area contributed by atoms with Gasteiger partial charge < -0.3 is 4.74 Å². The molecule has 2 aromatic rings. The maximum Gasteiger partial charge on any atom is 0.124 e. The van der Waals surface area contributed by atoms with Gasteiger partial charge in [-0.25, -0.2) is 0 Å². The number of nitrogens with zero attached hydrogens (tertiary/aromatic N) is 3. The van der Waals surface area contributed by atoms with Crippen LogP contribution in [0.5, 0.6) is 5.75 Å². The van der Waals surface area contributed by atoms with Crippen molar-refractivity contribution in [2.75, 3.05) is 6.54 Å². The summed E-state index contributed by atoms with van der Waals surface area (Å²) in [6.45, 7) is 12.5. The molecule has 4 nitrogen and oxygen atoms in total. The van der Waals surface area contributed by atoms with Gasteiger partial charge in [0.15, 0.2) is 0 Å². The number of aryl methyl sites for hydroxylation is 2. The number of fused-ring (bicyclic) bond motifs is 1. The highest BCUT2D eigenvalue weighted by molar-refractivity contribution is 5.34. The number of hydrogen-bond donors (Lipinski definition) is 0. The Bertz CT molecular complexity index is 707. The Morgan fingerprint density at radius 3 is 2.72 bits per heavy atom. The molecule has 0 saturated carbocycles. The van der Waals surface area contributed by atoms with E-state index >= 15 is 0 Å². The molecule has 136 valence electrons. The van der Waals surface area contributed by atoms with Gasteiger partial charge in [0.2, 0.25) is 0 Å². The van der Waals surface area contributed by atoms with Crippen LogP contribution in [0.1, 0.15) is 55.6 Å². The van der Waals surface area contributed by atoms with E-state index in [1.54, 1.807) is 0 Å². The van der Waals surface area contributed by atoms with Crippen molar-refractivity contribution in [3.63, 3.8) is 0 Å². The highest BCUT2D eigenvalue weighted by Crippen LogP contribution is 2.28. The van der Waals surface area contributed by atoms with E-state index in [2.05, 4.69) is 66.6 Å². The third kappa shape index (κ3) is 4.06. The van der Waals surface area contributed by atoms with Crippen LogP contribution in [0.4, 0.5) is 0 Å². The van der Waals surface area contributed by atoms with Crippen molar-refractivity contribution in [3.8, 4) is 5.75 Å². The summed E-state index contributed by atoms with van der Waals surface area (Å²) < 4.78 is 8.46. The minimum atomic E-state index is 0.269. The number of para-hydroxylation sites is 1. The number of aromatic nitrogens is 2. The lowest BCUT2D eigenvalue weighted by Crippen LogP contribution is -2.32. The van der Waals surface area contributed by atoms with E-state index in [0.717, 1.165) is 44.0 Å². The molecule has 3 rings (SSSR count). The molecule has 4 heteroatoms. The highest BCUT2D eigenvalue weighted by atomic mass is 16.5. The molecule has 0 amide bonds. The van der Waals surface area contributed by atoms with E-state index in [-0.39, 0.29) is 6.10 Å². The van der Waals surface area contributed by atoms with Crippen LogP contribution in [-0.4, -0.2) is 27.3 Å². The standard InChI is InChI=1S/C21H31N3O/c1-5-7-11-19-14-23(13-18-10-8-9-12-21(18)25-19)15-20-16(3)22-24(6-2)17(20)4/h8-10,12,19H,5-7,11,13-15H2,1-4H3. The highest BCUT2D eigenvalue weighted by Gasteiger charge is 2.24. The zero-order valence-electron chi connectivity index (χ0n) is 16.1. The van der Waals surface area contributed by atoms with E-state index in [1.807, 2.05) is 0 Å². The minimum absolute atomic E-state index is 0.269. The van der Waals surface area contributed by atoms with Gasteiger partial charge in [0.05, 0.1) is 5.69 Å². The summed E-state index contributed by atoms with van der Waals surface area (Å²) >= 11 is 0.